The number of Topliss-reactive ketones (excluding diaryl/α,β-unsaturated/α-hetero) is 1. The minimum Gasteiger partial charge on any atom is -0.508 e. The predicted octanol–water partition coefficient (Wildman–Crippen LogP) is 2.56. The summed E-state index contributed by atoms with van der Waals surface area (Å²) < 4.78 is 0. The third-order valence-electron chi connectivity index (χ3n) is 3.20. The highest BCUT2D eigenvalue weighted by Gasteiger charge is 2.29. The minimum absolute atomic E-state index is 0.0221. The molecule has 0 bridgehead atoms. The molecule has 0 spiro atoms. The van der Waals surface area contributed by atoms with E-state index < -0.39 is 11.6 Å². The Kier molecular flexibility index (Phi) is 2.64. The number of benzene rings is 2. The summed E-state index contributed by atoms with van der Waals surface area (Å²) in [6.45, 7) is 0. The number of aromatic hydroxyl groups is 2. The van der Waals surface area contributed by atoms with Crippen LogP contribution < -0.4 is 0 Å². The molecule has 4 heteroatoms. The van der Waals surface area contributed by atoms with Crippen molar-refractivity contribution in [3.63, 3.8) is 0 Å². The number of rotatable bonds is 1. The normalized spacial score (nSPS) is 13.9. The monoisotopic (exact) mass is 266 g/mol. The average Bonchev–Trinajstić information content (AvgIpc) is 2.43. The van der Waals surface area contributed by atoms with Crippen molar-refractivity contribution in [1.29, 1.82) is 0 Å². The third kappa shape index (κ3) is 1.78. The van der Waals surface area contributed by atoms with E-state index in [1.54, 1.807) is 24.3 Å². The van der Waals surface area contributed by atoms with E-state index >= 15 is 0 Å². The number of allylic oxidation sites excluding steroid dienone is 2. The molecule has 0 atom stereocenters. The lowest BCUT2D eigenvalue weighted by molar-refractivity contribution is 0.0999. The summed E-state index contributed by atoms with van der Waals surface area (Å²) in [4.78, 5) is 24.5. The molecule has 0 radical (unpaired) electrons. The van der Waals surface area contributed by atoms with Crippen LogP contribution in [0.4, 0.5) is 0 Å². The Morgan fingerprint density at radius 3 is 2.30 bits per heavy atom. The van der Waals surface area contributed by atoms with Crippen molar-refractivity contribution in [3.05, 3.63) is 65.2 Å². The maximum Gasteiger partial charge on any atom is 0.194 e. The molecule has 2 N–H and O–H groups in total. The van der Waals surface area contributed by atoms with Crippen LogP contribution in [-0.4, -0.2) is 21.8 Å². The molecule has 4 nitrogen and oxygen atoms in total. The average molecular weight is 266 g/mol. The van der Waals surface area contributed by atoms with Gasteiger partial charge in [-0.2, -0.15) is 0 Å². The number of phenolic OH excluding ortho intramolecular Hbond substituents is 2. The zero-order chi connectivity index (χ0) is 14.3. The van der Waals surface area contributed by atoms with Crippen LogP contribution >= 0.6 is 0 Å². The third-order valence-corrected chi connectivity index (χ3v) is 3.20. The summed E-state index contributed by atoms with van der Waals surface area (Å²) >= 11 is 0. The van der Waals surface area contributed by atoms with Gasteiger partial charge >= 0.3 is 0 Å². The zero-order valence-corrected chi connectivity index (χ0v) is 10.3. The van der Waals surface area contributed by atoms with Crippen molar-refractivity contribution in [2.45, 2.75) is 0 Å². The second kappa shape index (κ2) is 4.35. The Balaban J connectivity index is 2.21. The standard InChI is InChI=1S/C16H10O4/c17-10-6-12-15(13(18)7-10)14(19)8-11(16(12)20)9-4-2-1-3-5-9/h1-8,17-18H. The number of ketones is 2. The first-order valence-corrected chi connectivity index (χ1v) is 6.00. The van der Waals surface area contributed by atoms with Crippen molar-refractivity contribution in [3.8, 4) is 11.5 Å². The van der Waals surface area contributed by atoms with Crippen molar-refractivity contribution in [2.24, 2.45) is 0 Å². The molecule has 3 rings (SSSR count). The van der Waals surface area contributed by atoms with Crippen molar-refractivity contribution in [2.75, 3.05) is 0 Å². The van der Waals surface area contributed by atoms with Crippen LogP contribution in [0.1, 0.15) is 26.3 Å². The van der Waals surface area contributed by atoms with Crippen molar-refractivity contribution < 1.29 is 19.8 Å². The van der Waals surface area contributed by atoms with Gasteiger partial charge < -0.3 is 10.2 Å². The van der Waals surface area contributed by atoms with Gasteiger partial charge in [-0.15, -0.1) is 0 Å². The van der Waals surface area contributed by atoms with Gasteiger partial charge in [0.15, 0.2) is 11.6 Å². The van der Waals surface area contributed by atoms with Crippen LogP contribution in [0.2, 0.25) is 0 Å². The predicted molar refractivity (Wildman–Crippen MR) is 72.9 cm³/mol. The van der Waals surface area contributed by atoms with Gasteiger partial charge in [0.2, 0.25) is 0 Å². The van der Waals surface area contributed by atoms with Crippen LogP contribution in [0.15, 0.2) is 48.5 Å². The molecule has 0 heterocycles. The molecule has 98 valence electrons. The number of phenols is 2. The summed E-state index contributed by atoms with van der Waals surface area (Å²) in [6, 6.07) is 11.0. The zero-order valence-electron chi connectivity index (χ0n) is 10.3. The van der Waals surface area contributed by atoms with E-state index in [0.29, 0.717) is 5.56 Å². The Morgan fingerprint density at radius 1 is 0.900 bits per heavy atom. The van der Waals surface area contributed by atoms with Crippen molar-refractivity contribution in [1.82, 2.24) is 0 Å². The fraction of sp³-hybridized carbons (Fsp3) is 0. The topological polar surface area (TPSA) is 74.6 Å². The highest BCUT2D eigenvalue weighted by atomic mass is 16.3. The van der Waals surface area contributed by atoms with Crippen LogP contribution in [-0.2, 0) is 0 Å². The first-order valence-electron chi connectivity index (χ1n) is 6.00. The highest BCUT2D eigenvalue weighted by Crippen LogP contribution is 2.35. The van der Waals surface area contributed by atoms with E-state index in [2.05, 4.69) is 0 Å². The summed E-state index contributed by atoms with van der Waals surface area (Å²) in [6.07, 6.45) is 1.22. The van der Waals surface area contributed by atoms with Gasteiger partial charge in [-0.25, -0.2) is 0 Å². The van der Waals surface area contributed by atoms with Crippen LogP contribution in [0, 0.1) is 0 Å². The maximum atomic E-state index is 12.4. The molecule has 0 aromatic heterocycles. The lowest BCUT2D eigenvalue weighted by atomic mass is 9.85. The van der Waals surface area contributed by atoms with E-state index in [-0.39, 0.29) is 28.2 Å². The molecule has 1 aliphatic rings. The van der Waals surface area contributed by atoms with Gasteiger partial charge in [-0.3, -0.25) is 9.59 Å². The Bertz CT molecular complexity index is 758. The lowest BCUT2D eigenvalue weighted by Crippen LogP contribution is -2.16. The summed E-state index contributed by atoms with van der Waals surface area (Å²) in [5, 5.41) is 19.2. The fourth-order valence-corrected chi connectivity index (χ4v) is 2.30. The van der Waals surface area contributed by atoms with Gasteiger partial charge in [0.05, 0.1) is 5.56 Å². The van der Waals surface area contributed by atoms with Crippen LogP contribution in [0.25, 0.3) is 5.57 Å². The molecule has 20 heavy (non-hydrogen) atoms. The second-order valence-electron chi connectivity index (χ2n) is 4.50. The highest BCUT2D eigenvalue weighted by molar-refractivity contribution is 6.39. The maximum absolute atomic E-state index is 12.4. The van der Waals surface area contributed by atoms with Gasteiger partial charge in [-0.05, 0) is 17.7 Å². The largest absolute Gasteiger partial charge is 0.508 e. The molecule has 0 aliphatic heterocycles. The van der Waals surface area contributed by atoms with E-state index in [1.807, 2.05) is 6.07 Å². The minimum atomic E-state index is -0.448. The van der Waals surface area contributed by atoms with Crippen LogP contribution in [0.5, 0.6) is 11.5 Å². The molecule has 2 aromatic rings. The molecule has 0 saturated carbocycles. The van der Waals surface area contributed by atoms with Gasteiger partial charge in [0, 0.05) is 17.2 Å². The number of carbonyl (C=O) groups excluding carboxylic acids is 2. The molecule has 0 amide bonds. The van der Waals surface area contributed by atoms with E-state index in [1.165, 1.54) is 12.1 Å². The van der Waals surface area contributed by atoms with Gasteiger partial charge in [0.25, 0.3) is 0 Å². The van der Waals surface area contributed by atoms with Crippen LogP contribution in [0.3, 0.4) is 0 Å². The summed E-state index contributed by atoms with van der Waals surface area (Å²) in [5.74, 6) is -1.48. The quantitative estimate of drug-likeness (QED) is 0.831. The summed E-state index contributed by atoms with van der Waals surface area (Å²) in [7, 11) is 0. The Morgan fingerprint density at radius 2 is 1.60 bits per heavy atom. The SMILES string of the molecule is O=C1C(c2ccccc2)=CC(=O)c2c(O)cc(O)cc21. The Hall–Kier alpha value is -2.88. The number of fused-ring (bicyclic) bond motifs is 1. The molecule has 2 aromatic carbocycles. The molecule has 0 saturated heterocycles. The number of carbonyl (C=O) groups is 2. The van der Waals surface area contributed by atoms with Gasteiger partial charge in [-0.1, -0.05) is 30.3 Å². The molecule has 0 fully saturated rings. The molecular formula is C16H10O4. The molecule has 0 unspecified atom stereocenters. The van der Waals surface area contributed by atoms with E-state index in [0.717, 1.165) is 6.07 Å². The Labute approximate surface area is 114 Å². The first kappa shape index (κ1) is 12.2. The molecule has 1 aliphatic carbocycles. The second-order valence-corrected chi connectivity index (χ2v) is 4.50. The first-order chi connectivity index (χ1) is 9.58. The van der Waals surface area contributed by atoms with Gasteiger partial charge in [0.1, 0.15) is 11.5 Å². The number of hydrogen-bond acceptors (Lipinski definition) is 4. The fourth-order valence-electron chi connectivity index (χ4n) is 2.30. The summed E-state index contributed by atoms with van der Waals surface area (Å²) in [5.41, 5.74) is 0.841. The van der Waals surface area contributed by atoms with E-state index in [9.17, 15) is 19.8 Å². The van der Waals surface area contributed by atoms with Crippen molar-refractivity contribution >= 4 is 17.1 Å². The molecular weight excluding hydrogens is 256 g/mol. The number of hydrogen-bond donors (Lipinski definition) is 2. The lowest BCUT2D eigenvalue weighted by Gasteiger charge is -2.16. The van der Waals surface area contributed by atoms with E-state index in [4.69, 9.17) is 0 Å². The smallest absolute Gasteiger partial charge is 0.194 e.